The summed E-state index contributed by atoms with van der Waals surface area (Å²) in [7, 11) is -3.92. The van der Waals surface area contributed by atoms with E-state index in [-0.39, 0.29) is 15.1 Å². The summed E-state index contributed by atoms with van der Waals surface area (Å²) in [6, 6.07) is 3.33. The van der Waals surface area contributed by atoms with Crippen LogP contribution in [0.5, 0.6) is 0 Å². The number of rotatable bonds is 3. The molecule has 0 heterocycles. The molecule has 0 unspecified atom stereocenters. The highest BCUT2D eigenvalue weighted by Gasteiger charge is 2.29. The lowest BCUT2D eigenvalue weighted by Crippen LogP contribution is -2.23. The molecule has 112 valence electrons. The monoisotopic (exact) mass is 376 g/mol. The Bertz CT molecular complexity index is 618. The quantitative estimate of drug-likeness (QED) is 0.844. The summed E-state index contributed by atoms with van der Waals surface area (Å²) in [5.41, 5.74) is 0.0320. The highest BCUT2D eigenvalue weighted by atomic mass is 79.9. The molecule has 0 aromatic heterocycles. The van der Waals surface area contributed by atoms with Gasteiger partial charge in [0.1, 0.15) is 0 Å². The van der Waals surface area contributed by atoms with Crippen LogP contribution >= 0.6 is 15.9 Å². The maximum atomic E-state index is 11.8. The molecule has 0 saturated carbocycles. The summed E-state index contributed by atoms with van der Waals surface area (Å²) in [4.78, 5) is 10.9. The average Bonchev–Trinajstić information content (AvgIpc) is 2.27. The minimum absolute atomic E-state index is 0.0320. The third-order valence-corrected chi connectivity index (χ3v) is 3.44. The second-order valence-electron chi connectivity index (χ2n) is 3.50. The summed E-state index contributed by atoms with van der Waals surface area (Å²) < 4.78 is 61.6. The molecule has 0 aliphatic rings. The molecule has 0 saturated heterocycles. The zero-order valence-corrected chi connectivity index (χ0v) is 12.0. The van der Waals surface area contributed by atoms with E-state index in [1.165, 1.54) is 0 Å². The molecule has 6 nitrogen and oxygen atoms in total. The standard InChI is InChI=1S/C9H8BrF3N2O4S/c10-6-3-5(20(14,17)18)1-2-7(6)15-8(16)19-4-9(11,12)13/h1-3H,4H2,(H,15,16)(H2,14,17,18). The SMILES string of the molecule is NS(=O)(=O)c1ccc(NC(=O)OCC(F)(F)F)c(Br)c1. The Morgan fingerprint density at radius 3 is 2.45 bits per heavy atom. The lowest BCUT2D eigenvalue weighted by molar-refractivity contribution is -0.159. The molecule has 0 aliphatic heterocycles. The van der Waals surface area contributed by atoms with Gasteiger partial charge in [-0.2, -0.15) is 13.2 Å². The van der Waals surface area contributed by atoms with E-state index in [1.54, 1.807) is 0 Å². The van der Waals surface area contributed by atoms with Crippen LogP contribution in [-0.4, -0.2) is 27.3 Å². The smallest absolute Gasteiger partial charge is 0.422 e. The number of ether oxygens (including phenoxy) is 1. The lowest BCUT2D eigenvalue weighted by atomic mass is 10.3. The minimum Gasteiger partial charge on any atom is -0.440 e. The number of benzene rings is 1. The Balaban J connectivity index is 2.77. The van der Waals surface area contributed by atoms with Crippen molar-refractivity contribution in [2.75, 3.05) is 11.9 Å². The summed E-state index contributed by atoms with van der Waals surface area (Å²) in [5.74, 6) is 0. The van der Waals surface area contributed by atoms with Gasteiger partial charge in [0, 0.05) is 4.47 Å². The number of halogens is 4. The fraction of sp³-hybridized carbons (Fsp3) is 0.222. The number of anilines is 1. The van der Waals surface area contributed by atoms with Crippen molar-refractivity contribution in [3.63, 3.8) is 0 Å². The first kappa shape index (κ1) is 16.7. The van der Waals surface area contributed by atoms with Gasteiger partial charge in [0.05, 0.1) is 10.6 Å². The van der Waals surface area contributed by atoms with Crippen LogP contribution in [0.4, 0.5) is 23.7 Å². The van der Waals surface area contributed by atoms with Crippen LogP contribution in [0.25, 0.3) is 0 Å². The Morgan fingerprint density at radius 2 is 2.00 bits per heavy atom. The predicted molar refractivity (Wildman–Crippen MR) is 66.5 cm³/mol. The molecule has 0 atom stereocenters. The minimum atomic E-state index is -4.63. The molecule has 1 aromatic rings. The zero-order valence-electron chi connectivity index (χ0n) is 9.57. The number of nitrogens with two attached hydrogens (primary N) is 1. The van der Waals surface area contributed by atoms with Crippen molar-refractivity contribution in [1.29, 1.82) is 0 Å². The van der Waals surface area contributed by atoms with E-state index in [0.717, 1.165) is 18.2 Å². The van der Waals surface area contributed by atoms with Crippen LogP contribution in [0.1, 0.15) is 0 Å². The van der Waals surface area contributed by atoms with Crippen molar-refractivity contribution in [2.24, 2.45) is 5.14 Å². The lowest BCUT2D eigenvalue weighted by Gasteiger charge is -2.10. The van der Waals surface area contributed by atoms with Crippen molar-refractivity contribution in [1.82, 2.24) is 0 Å². The molecule has 1 rings (SSSR count). The van der Waals surface area contributed by atoms with Gasteiger partial charge in [0.25, 0.3) is 0 Å². The van der Waals surface area contributed by atoms with Gasteiger partial charge in [0.2, 0.25) is 10.0 Å². The molecule has 0 radical (unpaired) electrons. The third-order valence-electron chi connectivity index (χ3n) is 1.87. The van der Waals surface area contributed by atoms with Gasteiger partial charge >= 0.3 is 12.3 Å². The van der Waals surface area contributed by atoms with E-state index in [0.29, 0.717) is 0 Å². The Kier molecular flexibility index (Phi) is 5.00. The van der Waals surface area contributed by atoms with Gasteiger partial charge in [-0.25, -0.2) is 18.4 Å². The number of carbonyl (C=O) groups excluding carboxylic acids is 1. The van der Waals surface area contributed by atoms with E-state index in [4.69, 9.17) is 5.14 Å². The van der Waals surface area contributed by atoms with Gasteiger partial charge in [0.15, 0.2) is 6.61 Å². The van der Waals surface area contributed by atoms with E-state index in [1.807, 2.05) is 5.32 Å². The normalized spacial score (nSPS) is 12.1. The number of primary sulfonamides is 1. The maximum absolute atomic E-state index is 11.8. The Hall–Kier alpha value is -1.33. The number of hydrogen-bond acceptors (Lipinski definition) is 4. The molecule has 1 aromatic carbocycles. The Labute approximate surface area is 120 Å². The molecule has 11 heteroatoms. The highest BCUT2D eigenvalue weighted by Crippen LogP contribution is 2.25. The van der Waals surface area contributed by atoms with Crippen molar-refractivity contribution in [3.05, 3.63) is 22.7 Å². The number of alkyl halides is 3. The van der Waals surface area contributed by atoms with Crippen LogP contribution in [0, 0.1) is 0 Å². The molecule has 0 bridgehead atoms. The molecular formula is C9H8BrF3N2O4S. The molecule has 0 aliphatic carbocycles. The molecular weight excluding hydrogens is 369 g/mol. The zero-order chi connectivity index (χ0) is 15.6. The van der Waals surface area contributed by atoms with Crippen LogP contribution in [-0.2, 0) is 14.8 Å². The van der Waals surface area contributed by atoms with Gasteiger partial charge in [-0.3, -0.25) is 5.32 Å². The first-order chi connectivity index (χ1) is 8.99. The fourth-order valence-electron chi connectivity index (χ4n) is 1.07. The number of carbonyl (C=O) groups is 1. The van der Waals surface area contributed by atoms with Gasteiger partial charge in [-0.15, -0.1) is 0 Å². The number of amides is 1. The molecule has 3 N–H and O–H groups in total. The maximum Gasteiger partial charge on any atom is 0.422 e. The fourth-order valence-corrected chi connectivity index (χ4v) is 2.24. The van der Waals surface area contributed by atoms with Crippen LogP contribution in [0.3, 0.4) is 0 Å². The van der Waals surface area contributed by atoms with Gasteiger partial charge < -0.3 is 4.74 Å². The van der Waals surface area contributed by atoms with Gasteiger partial charge in [-0.1, -0.05) is 0 Å². The predicted octanol–water partition coefficient (Wildman–Crippen LogP) is 2.21. The Morgan fingerprint density at radius 1 is 1.40 bits per heavy atom. The first-order valence-corrected chi connectivity index (χ1v) is 7.16. The second kappa shape index (κ2) is 5.97. The van der Waals surface area contributed by atoms with E-state index < -0.39 is 28.9 Å². The van der Waals surface area contributed by atoms with Crippen molar-refractivity contribution < 1.29 is 31.1 Å². The average molecular weight is 377 g/mol. The number of hydrogen-bond donors (Lipinski definition) is 2. The molecule has 20 heavy (non-hydrogen) atoms. The van der Waals surface area contributed by atoms with Crippen LogP contribution < -0.4 is 10.5 Å². The summed E-state index contributed by atoms with van der Waals surface area (Å²) in [6.07, 6.45) is -5.96. The summed E-state index contributed by atoms with van der Waals surface area (Å²) >= 11 is 2.95. The molecule has 1 amide bonds. The van der Waals surface area contributed by atoms with Crippen molar-refractivity contribution >= 4 is 37.7 Å². The number of sulfonamides is 1. The highest BCUT2D eigenvalue weighted by molar-refractivity contribution is 9.10. The summed E-state index contributed by atoms with van der Waals surface area (Å²) in [6.45, 7) is -1.73. The topological polar surface area (TPSA) is 98.5 Å². The van der Waals surface area contributed by atoms with E-state index in [9.17, 15) is 26.4 Å². The first-order valence-electron chi connectivity index (χ1n) is 4.82. The molecule has 0 fully saturated rings. The second-order valence-corrected chi connectivity index (χ2v) is 5.92. The van der Waals surface area contributed by atoms with Crippen molar-refractivity contribution in [2.45, 2.75) is 11.1 Å². The molecule has 0 spiro atoms. The van der Waals surface area contributed by atoms with Crippen LogP contribution in [0.15, 0.2) is 27.6 Å². The summed E-state index contributed by atoms with van der Waals surface area (Å²) in [5, 5.41) is 6.90. The van der Waals surface area contributed by atoms with E-state index in [2.05, 4.69) is 20.7 Å². The van der Waals surface area contributed by atoms with Gasteiger partial charge in [-0.05, 0) is 34.1 Å². The van der Waals surface area contributed by atoms with Crippen LogP contribution in [0.2, 0.25) is 0 Å². The largest absolute Gasteiger partial charge is 0.440 e. The van der Waals surface area contributed by atoms with Crippen molar-refractivity contribution in [3.8, 4) is 0 Å². The van der Waals surface area contributed by atoms with E-state index >= 15 is 0 Å². The number of nitrogens with one attached hydrogen (secondary N) is 1. The third kappa shape index (κ3) is 5.35.